The van der Waals surface area contributed by atoms with Gasteiger partial charge in [0.15, 0.2) is 0 Å². The average molecular weight is 345 g/mol. The molecule has 1 aromatic heterocycles. The molecule has 21 heavy (non-hydrogen) atoms. The van der Waals surface area contributed by atoms with Crippen molar-refractivity contribution in [1.82, 2.24) is 4.72 Å². The lowest BCUT2D eigenvalue weighted by atomic mass is 10.2. The van der Waals surface area contributed by atoms with Crippen molar-refractivity contribution in [1.29, 1.82) is 0 Å². The Labute approximate surface area is 134 Å². The molecule has 0 fully saturated rings. The maximum Gasteiger partial charge on any atom is 0.241 e. The summed E-state index contributed by atoms with van der Waals surface area (Å²) >= 11 is 7.48. The molecular weight excluding hydrogens is 328 g/mol. The third-order valence-electron chi connectivity index (χ3n) is 3.31. The van der Waals surface area contributed by atoms with Crippen LogP contribution in [0.15, 0.2) is 23.1 Å². The Hall–Kier alpha value is -1.08. The van der Waals surface area contributed by atoms with Gasteiger partial charge in [-0.25, -0.2) is 13.1 Å². The van der Waals surface area contributed by atoms with Gasteiger partial charge in [0.2, 0.25) is 10.0 Å². The number of anilines is 1. The van der Waals surface area contributed by atoms with Gasteiger partial charge < -0.3 is 5.73 Å². The standard InChI is InChI=1S/C14H17ClN2O2S2/c1-8-4-12(20-10(8)3)7-17-21(18,19)14-6-11(15)5-13(16)9(14)2/h4-6,17H,7,16H2,1-3H3. The highest BCUT2D eigenvalue weighted by Crippen LogP contribution is 2.26. The number of nitrogens with two attached hydrogens (primary N) is 1. The smallest absolute Gasteiger partial charge is 0.241 e. The molecule has 4 nitrogen and oxygen atoms in total. The molecule has 0 spiro atoms. The van der Waals surface area contributed by atoms with Crippen LogP contribution in [0.5, 0.6) is 0 Å². The molecule has 0 aliphatic carbocycles. The number of nitrogen functional groups attached to an aromatic ring is 1. The number of sulfonamides is 1. The summed E-state index contributed by atoms with van der Waals surface area (Å²) in [5.41, 5.74) is 7.81. The molecule has 0 aliphatic rings. The molecule has 2 rings (SSSR count). The van der Waals surface area contributed by atoms with Crippen molar-refractivity contribution in [2.24, 2.45) is 0 Å². The van der Waals surface area contributed by atoms with Gasteiger partial charge in [-0.15, -0.1) is 11.3 Å². The largest absolute Gasteiger partial charge is 0.398 e. The number of nitrogens with one attached hydrogen (secondary N) is 1. The van der Waals surface area contributed by atoms with E-state index in [1.807, 2.05) is 19.9 Å². The molecule has 7 heteroatoms. The second-order valence-corrected chi connectivity index (χ2v) is 8.41. The number of halogens is 1. The van der Waals surface area contributed by atoms with Gasteiger partial charge in [-0.2, -0.15) is 0 Å². The predicted molar refractivity (Wildman–Crippen MR) is 88.4 cm³/mol. The second kappa shape index (κ2) is 5.96. The summed E-state index contributed by atoms with van der Waals surface area (Å²) in [5.74, 6) is 0. The highest BCUT2D eigenvalue weighted by atomic mass is 35.5. The van der Waals surface area contributed by atoms with Crippen molar-refractivity contribution in [2.75, 3.05) is 5.73 Å². The fourth-order valence-electron chi connectivity index (χ4n) is 1.93. The van der Waals surface area contributed by atoms with Crippen LogP contribution in [0.4, 0.5) is 5.69 Å². The van der Waals surface area contributed by atoms with Crippen LogP contribution in [-0.2, 0) is 16.6 Å². The summed E-state index contributed by atoms with van der Waals surface area (Å²) in [4.78, 5) is 2.28. The Balaban J connectivity index is 2.27. The molecule has 0 unspecified atom stereocenters. The number of aryl methyl sites for hydroxylation is 2. The van der Waals surface area contributed by atoms with E-state index in [4.69, 9.17) is 17.3 Å². The van der Waals surface area contributed by atoms with E-state index in [1.54, 1.807) is 24.3 Å². The Morgan fingerprint density at radius 1 is 1.24 bits per heavy atom. The van der Waals surface area contributed by atoms with Crippen molar-refractivity contribution in [3.05, 3.63) is 44.1 Å². The van der Waals surface area contributed by atoms with Crippen LogP contribution in [0.2, 0.25) is 5.02 Å². The van der Waals surface area contributed by atoms with Gasteiger partial charge in [0.05, 0.1) is 4.90 Å². The van der Waals surface area contributed by atoms with E-state index in [0.717, 1.165) is 10.4 Å². The van der Waals surface area contributed by atoms with Crippen LogP contribution in [0, 0.1) is 20.8 Å². The van der Waals surface area contributed by atoms with E-state index in [-0.39, 0.29) is 11.4 Å². The molecule has 0 atom stereocenters. The highest BCUT2D eigenvalue weighted by molar-refractivity contribution is 7.89. The minimum atomic E-state index is -3.65. The molecule has 0 saturated carbocycles. The van der Waals surface area contributed by atoms with Gasteiger partial charge in [-0.1, -0.05) is 11.6 Å². The molecule has 2 aromatic rings. The topological polar surface area (TPSA) is 72.2 Å². The molecule has 114 valence electrons. The summed E-state index contributed by atoms with van der Waals surface area (Å²) in [7, 11) is -3.65. The predicted octanol–water partition coefficient (Wildman–Crippen LogP) is 3.39. The second-order valence-electron chi connectivity index (χ2n) is 4.89. The first kappa shape index (κ1) is 16.3. The summed E-state index contributed by atoms with van der Waals surface area (Å²) < 4.78 is 27.4. The van der Waals surface area contributed by atoms with Gasteiger partial charge in [0.25, 0.3) is 0 Å². The van der Waals surface area contributed by atoms with Gasteiger partial charge in [-0.3, -0.25) is 0 Å². The summed E-state index contributed by atoms with van der Waals surface area (Å²) in [6.45, 7) is 5.94. The lowest BCUT2D eigenvalue weighted by molar-refractivity contribution is 0.581. The first-order valence-electron chi connectivity index (χ1n) is 6.32. The van der Waals surface area contributed by atoms with Gasteiger partial charge in [0, 0.05) is 27.0 Å². The van der Waals surface area contributed by atoms with E-state index < -0.39 is 10.0 Å². The zero-order valence-corrected chi connectivity index (χ0v) is 14.4. The van der Waals surface area contributed by atoms with Crippen molar-refractivity contribution < 1.29 is 8.42 Å². The van der Waals surface area contributed by atoms with E-state index >= 15 is 0 Å². The molecule has 3 N–H and O–H groups in total. The van der Waals surface area contributed by atoms with Crippen molar-refractivity contribution in [3.63, 3.8) is 0 Å². The number of hydrogen-bond donors (Lipinski definition) is 2. The van der Waals surface area contributed by atoms with Gasteiger partial charge in [-0.05, 0) is 50.1 Å². The SMILES string of the molecule is Cc1cc(CNS(=O)(=O)c2cc(Cl)cc(N)c2C)sc1C. The third kappa shape index (κ3) is 3.58. The molecule has 0 amide bonds. The quantitative estimate of drug-likeness (QED) is 0.835. The van der Waals surface area contributed by atoms with Crippen molar-refractivity contribution in [3.8, 4) is 0 Å². The number of hydrogen-bond acceptors (Lipinski definition) is 4. The van der Waals surface area contributed by atoms with E-state index in [9.17, 15) is 8.42 Å². The normalized spacial score (nSPS) is 11.8. The van der Waals surface area contributed by atoms with Crippen LogP contribution in [0.25, 0.3) is 0 Å². The molecule has 0 aliphatic heterocycles. The minimum absolute atomic E-state index is 0.123. The van der Waals surface area contributed by atoms with E-state index in [0.29, 0.717) is 16.3 Å². The van der Waals surface area contributed by atoms with Gasteiger partial charge in [0.1, 0.15) is 0 Å². The maximum absolute atomic E-state index is 12.4. The minimum Gasteiger partial charge on any atom is -0.398 e. The first-order valence-corrected chi connectivity index (χ1v) is 8.99. The molecule has 0 saturated heterocycles. The monoisotopic (exact) mass is 344 g/mol. The van der Waals surface area contributed by atoms with Crippen LogP contribution < -0.4 is 10.5 Å². The molecule has 1 heterocycles. The fourth-order valence-corrected chi connectivity index (χ4v) is 4.61. The summed E-state index contributed by atoms with van der Waals surface area (Å²) in [6.07, 6.45) is 0. The first-order chi connectivity index (χ1) is 9.70. The Morgan fingerprint density at radius 2 is 1.90 bits per heavy atom. The average Bonchev–Trinajstić information content (AvgIpc) is 2.71. The lowest BCUT2D eigenvalue weighted by Gasteiger charge is -2.11. The Morgan fingerprint density at radius 3 is 2.48 bits per heavy atom. The van der Waals surface area contributed by atoms with Crippen LogP contribution >= 0.6 is 22.9 Å². The number of thiophene rings is 1. The van der Waals surface area contributed by atoms with Crippen molar-refractivity contribution in [2.45, 2.75) is 32.2 Å². The van der Waals surface area contributed by atoms with Gasteiger partial charge >= 0.3 is 0 Å². The fraction of sp³-hybridized carbons (Fsp3) is 0.286. The molecular formula is C14H17ClN2O2S2. The zero-order chi connectivity index (χ0) is 15.8. The Kier molecular flexibility index (Phi) is 4.63. The molecule has 0 radical (unpaired) electrons. The van der Waals surface area contributed by atoms with Crippen LogP contribution in [0.1, 0.15) is 20.9 Å². The van der Waals surface area contributed by atoms with E-state index in [1.165, 1.54) is 10.9 Å². The molecule has 0 bridgehead atoms. The van der Waals surface area contributed by atoms with Crippen LogP contribution in [-0.4, -0.2) is 8.42 Å². The summed E-state index contributed by atoms with van der Waals surface area (Å²) in [6, 6.07) is 4.95. The zero-order valence-electron chi connectivity index (χ0n) is 12.0. The summed E-state index contributed by atoms with van der Waals surface area (Å²) in [5, 5.41) is 0.307. The number of rotatable bonds is 4. The van der Waals surface area contributed by atoms with Crippen LogP contribution in [0.3, 0.4) is 0 Å². The number of benzene rings is 1. The van der Waals surface area contributed by atoms with Crippen molar-refractivity contribution >= 4 is 38.6 Å². The molecule has 1 aromatic carbocycles. The Bertz CT molecular complexity index is 763. The maximum atomic E-state index is 12.4. The third-order valence-corrected chi connectivity index (χ3v) is 6.21. The highest BCUT2D eigenvalue weighted by Gasteiger charge is 2.19. The van der Waals surface area contributed by atoms with E-state index in [2.05, 4.69) is 4.72 Å². The lowest BCUT2D eigenvalue weighted by Crippen LogP contribution is -2.24.